The second kappa shape index (κ2) is 6.86. The number of hydrogen-bond acceptors (Lipinski definition) is 7. The normalized spacial score (nSPS) is 12.5. The van der Waals surface area contributed by atoms with E-state index in [0.717, 1.165) is 26.6 Å². The third-order valence-corrected chi connectivity index (χ3v) is 5.68. The number of furan rings is 1. The van der Waals surface area contributed by atoms with Crippen molar-refractivity contribution in [2.24, 2.45) is 0 Å². The molecule has 0 aliphatic heterocycles. The first kappa shape index (κ1) is 17.6. The van der Waals surface area contributed by atoms with Crippen molar-refractivity contribution in [3.8, 4) is 10.8 Å². The molecule has 1 atom stereocenters. The molecular formula is C22H16N2O4S. The number of benzene rings is 2. The van der Waals surface area contributed by atoms with Crippen molar-refractivity contribution in [2.45, 2.75) is 20.0 Å². The molecule has 3 heterocycles. The van der Waals surface area contributed by atoms with Crippen LogP contribution in [0, 0.1) is 6.92 Å². The Bertz CT molecular complexity index is 1330. The van der Waals surface area contributed by atoms with Gasteiger partial charge in [0.05, 0.1) is 4.88 Å². The van der Waals surface area contributed by atoms with E-state index in [1.54, 1.807) is 6.92 Å². The van der Waals surface area contributed by atoms with Gasteiger partial charge in [0.2, 0.25) is 5.76 Å². The Kier molecular flexibility index (Phi) is 4.17. The number of carbonyl (C=O) groups excluding carboxylic acids is 1. The number of carbonyl (C=O) groups is 1. The van der Waals surface area contributed by atoms with E-state index >= 15 is 0 Å². The van der Waals surface area contributed by atoms with E-state index in [4.69, 9.17) is 13.6 Å². The van der Waals surface area contributed by atoms with Crippen LogP contribution in [0.15, 0.2) is 62.7 Å². The predicted molar refractivity (Wildman–Crippen MR) is 110 cm³/mol. The number of hydrogen-bond donors (Lipinski definition) is 0. The smallest absolute Gasteiger partial charge is 0.375 e. The average molecular weight is 404 g/mol. The second-order valence-electron chi connectivity index (χ2n) is 6.69. The number of aromatic nitrogens is 2. The summed E-state index contributed by atoms with van der Waals surface area (Å²) >= 11 is 1.50. The van der Waals surface area contributed by atoms with Gasteiger partial charge >= 0.3 is 5.97 Å². The van der Waals surface area contributed by atoms with Crippen molar-refractivity contribution in [3.05, 3.63) is 71.1 Å². The van der Waals surface area contributed by atoms with E-state index in [1.165, 1.54) is 11.3 Å². The molecule has 5 rings (SSSR count). The van der Waals surface area contributed by atoms with Crippen LogP contribution in [0.2, 0.25) is 0 Å². The third kappa shape index (κ3) is 3.00. The topological polar surface area (TPSA) is 78.4 Å². The van der Waals surface area contributed by atoms with Crippen LogP contribution in [-0.4, -0.2) is 16.2 Å². The van der Waals surface area contributed by atoms with Crippen LogP contribution in [0.5, 0.6) is 0 Å². The van der Waals surface area contributed by atoms with Crippen LogP contribution in [0.1, 0.15) is 35.0 Å². The first-order valence-electron chi connectivity index (χ1n) is 9.11. The Morgan fingerprint density at radius 1 is 1.03 bits per heavy atom. The highest BCUT2D eigenvalue weighted by molar-refractivity contribution is 7.13. The standard InChI is InChI=1S/C22H16N2O4S/c1-12-15-10-9-14-6-3-4-7-16(14)19(15)27-18(12)22(25)26-13(2)20-23-24-21(28-20)17-8-5-11-29-17/h3-11,13H,1-2H3/t13-/m1/s1. The molecule has 7 heteroatoms. The molecule has 6 nitrogen and oxygen atoms in total. The molecule has 0 saturated carbocycles. The zero-order valence-electron chi connectivity index (χ0n) is 15.7. The van der Waals surface area contributed by atoms with Crippen LogP contribution in [0.3, 0.4) is 0 Å². The van der Waals surface area contributed by atoms with Crippen molar-refractivity contribution >= 4 is 39.0 Å². The van der Waals surface area contributed by atoms with E-state index in [-0.39, 0.29) is 11.7 Å². The zero-order valence-corrected chi connectivity index (χ0v) is 16.5. The molecule has 0 spiro atoms. The van der Waals surface area contributed by atoms with E-state index in [0.29, 0.717) is 11.5 Å². The summed E-state index contributed by atoms with van der Waals surface area (Å²) in [5, 5.41) is 12.9. The number of esters is 1. The summed E-state index contributed by atoms with van der Waals surface area (Å²) in [5.41, 5.74) is 1.42. The zero-order chi connectivity index (χ0) is 20.0. The first-order chi connectivity index (χ1) is 14.1. The Balaban J connectivity index is 1.44. The Morgan fingerprint density at radius 2 is 1.90 bits per heavy atom. The van der Waals surface area contributed by atoms with Crippen LogP contribution >= 0.6 is 11.3 Å². The SMILES string of the molecule is Cc1c(C(=O)O[C@H](C)c2nnc(-c3cccs3)o2)oc2c1ccc1ccccc12. The van der Waals surface area contributed by atoms with Gasteiger partial charge in [-0.25, -0.2) is 4.79 Å². The van der Waals surface area contributed by atoms with Crippen molar-refractivity contribution in [1.29, 1.82) is 0 Å². The van der Waals surface area contributed by atoms with Crippen molar-refractivity contribution in [2.75, 3.05) is 0 Å². The summed E-state index contributed by atoms with van der Waals surface area (Å²) < 4.78 is 17.1. The molecule has 0 N–H and O–H groups in total. The van der Waals surface area contributed by atoms with Gasteiger partial charge in [-0.3, -0.25) is 0 Å². The summed E-state index contributed by atoms with van der Waals surface area (Å²) in [6.07, 6.45) is -0.701. The van der Waals surface area contributed by atoms with E-state index < -0.39 is 12.1 Å². The minimum atomic E-state index is -0.701. The Labute approximate surface area is 169 Å². The molecule has 5 aromatic rings. The fourth-order valence-corrected chi connectivity index (χ4v) is 3.95. The van der Waals surface area contributed by atoms with Crippen molar-refractivity contribution in [1.82, 2.24) is 10.2 Å². The summed E-state index contributed by atoms with van der Waals surface area (Å²) in [6.45, 7) is 3.54. The van der Waals surface area contributed by atoms with Gasteiger partial charge < -0.3 is 13.6 Å². The predicted octanol–water partition coefficient (Wildman–Crippen LogP) is 5.92. The maximum Gasteiger partial charge on any atom is 0.375 e. The number of nitrogens with zero attached hydrogens (tertiary/aromatic N) is 2. The lowest BCUT2D eigenvalue weighted by atomic mass is 10.1. The maximum absolute atomic E-state index is 12.8. The molecule has 0 amide bonds. The Morgan fingerprint density at radius 3 is 2.72 bits per heavy atom. The third-order valence-electron chi connectivity index (χ3n) is 4.82. The van der Waals surface area contributed by atoms with Crippen molar-refractivity contribution < 1.29 is 18.4 Å². The van der Waals surface area contributed by atoms with E-state index in [2.05, 4.69) is 10.2 Å². The molecule has 29 heavy (non-hydrogen) atoms. The highest BCUT2D eigenvalue weighted by Gasteiger charge is 2.25. The first-order valence-corrected chi connectivity index (χ1v) is 9.99. The van der Waals surface area contributed by atoms with Crippen LogP contribution in [0.25, 0.3) is 32.5 Å². The molecule has 0 bridgehead atoms. The molecule has 144 valence electrons. The Hall–Kier alpha value is -3.45. The fourth-order valence-electron chi connectivity index (χ4n) is 3.31. The van der Waals surface area contributed by atoms with Gasteiger partial charge in [0.15, 0.2) is 6.10 Å². The molecule has 0 aliphatic rings. The van der Waals surface area contributed by atoms with E-state index in [1.807, 2.05) is 60.8 Å². The summed E-state index contributed by atoms with van der Waals surface area (Å²) in [4.78, 5) is 13.6. The lowest BCUT2D eigenvalue weighted by Gasteiger charge is -2.08. The fraction of sp³-hybridized carbons (Fsp3) is 0.136. The molecule has 0 fully saturated rings. The highest BCUT2D eigenvalue weighted by atomic mass is 32.1. The van der Waals surface area contributed by atoms with Crippen LogP contribution in [-0.2, 0) is 4.74 Å². The summed E-state index contributed by atoms with van der Waals surface area (Å²) in [7, 11) is 0. The summed E-state index contributed by atoms with van der Waals surface area (Å²) in [6, 6.07) is 15.7. The molecule has 2 aromatic carbocycles. The van der Waals surface area contributed by atoms with Crippen LogP contribution in [0.4, 0.5) is 0 Å². The van der Waals surface area contributed by atoms with Gasteiger partial charge in [-0.15, -0.1) is 21.5 Å². The largest absolute Gasteiger partial charge is 0.448 e. The van der Waals surface area contributed by atoms with Gasteiger partial charge in [0, 0.05) is 16.3 Å². The lowest BCUT2D eigenvalue weighted by molar-refractivity contribution is 0.0246. The van der Waals surface area contributed by atoms with Crippen molar-refractivity contribution in [3.63, 3.8) is 0 Å². The maximum atomic E-state index is 12.8. The molecule has 0 saturated heterocycles. The quantitative estimate of drug-likeness (QED) is 0.346. The number of aryl methyl sites for hydroxylation is 1. The molecule has 0 aliphatic carbocycles. The highest BCUT2D eigenvalue weighted by Crippen LogP contribution is 2.33. The van der Waals surface area contributed by atoms with Gasteiger partial charge in [0.25, 0.3) is 11.8 Å². The number of fused-ring (bicyclic) bond motifs is 3. The number of ether oxygens (including phenoxy) is 1. The van der Waals surface area contributed by atoms with Gasteiger partial charge in [-0.1, -0.05) is 42.5 Å². The molecule has 3 aromatic heterocycles. The van der Waals surface area contributed by atoms with Gasteiger partial charge in [-0.2, -0.15) is 0 Å². The van der Waals surface area contributed by atoms with E-state index in [9.17, 15) is 4.79 Å². The van der Waals surface area contributed by atoms with Gasteiger partial charge in [0.1, 0.15) is 5.58 Å². The average Bonchev–Trinajstić information content (AvgIpc) is 3.47. The number of thiophene rings is 1. The minimum absolute atomic E-state index is 0.182. The van der Waals surface area contributed by atoms with Crippen LogP contribution < -0.4 is 0 Å². The lowest BCUT2D eigenvalue weighted by Crippen LogP contribution is -2.09. The molecule has 0 radical (unpaired) electrons. The summed E-state index contributed by atoms with van der Waals surface area (Å²) in [5.74, 6) is 0.262. The molecular weight excluding hydrogens is 388 g/mol. The van der Waals surface area contributed by atoms with Gasteiger partial charge in [-0.05, 0) is 30.7 Å². The molecule has 0 unspecified atom stereocenters. The minimum Gasteiger partial charge on any atom is -0.448 e. The monoisotopic (exact) mass is 404 g/mol. The number of rotatable bonds is 4. The second-order valence-corrected chi connectivity index (χ2v) is 7.64.